The number of aromatic nitrogens is 3. The molecule has 0 saturated heterocycles. The fraction of sp³-hybridized carbons (Fsp3) is 0.300. The Balaban J connectivity index is 1.53. The highest BCUT2D eigenvalue weighted by Gasteiger charge is 2.22. The Morgan fingerprint density at radius 1 is 1.26 bits per heavy atom. The molecule has 1 aliphatic rings. The molecule has 3 heterocycles. The van der Waals surface area contributed by atoms with Gasteiger partial charge in [-0.1, -0.05) is 23.7 Å². The minimum Gasteiger partial charge on any atom is -0.493 e. The van der Waals surface area contributed by atoms with Crippen LogP contribution in [0.15, 0.2) is 41.3 Å². The highest BCUT2D eigenvalue weighted by Crippen LogP contribution is 2.26. The lowest BCUT2D eigenvalue weighted by atomic mass is 10.1. The summed E-state index contributed by atoms with van der Waals surface area (Å²) in [6.07, 6.45) is 4.18. The topological polar surface area (TPSA) is 69.3 Å². The van der Waals surface area contributed by atoms with Gasteiger partial charge in [0.25, 0.3) is 0 Å². The number of aromatic hydroxyl groups is 1. The van der Waals surface area contributed by atoms with Gasteiger partial charge in [-0.15, -0.1) is 0 Å². The molecule has 4 rings (SSSR count). The van der Waals surface area contributed by atoms with Crippen molar-refractivity contribution in [2.75, 3.05) is 0 Å². The molecule has 7 heteroatoms. The van der Waals surface area contributed by atoms with Crippen LogP contribution in [0.5, 0.6) is 11.8 Å². The molecule has 3 aromatic rings. The van der Waals surface area contributed by atoms with Crippen molar-refractivity contribution in [2.24, 2.45) is 0 Å². The number of hydrogen-bond acceptors (Lipinski definition) is 4. The third-order valence-corrected chi connectivity index (χ3v) is 5.28. The zero-order valence-electron chi connectivity index (χ0n) is 15.0. The van der Waals surface area contributed by atoms with Crippen molar-refractivity contribution in [1.29, 1.82) is 0 Å². The van der Waals surface area contributed by atoms with Gasteiger partial charge < -0.3 is 9.84 Å². The van der Waals surface area contributed by atoms with E-state index in [1.807, 2.05) is 25.1 Å². The van der Waals surface area contributed by atoms with Gasteiger partial charge in [-0.05, 0) is 49.4 Å². The lowest BCUT2D eigenvalue weighted by Crippen LogP contribution is -2.26. The van der Waals surface area contributed by atoms with E-state index in [1.54, 1.807) is 16.7 Å². The van der Waals surface area contributed by atoms with Crippen LogP contribution in [0.1, 0.15) is 29.7 Å². The van der Waals surface area contributed by atoms with E-state index in [-0.39, 0.29) is 11.6 Å². The lowest BCUT2D eigenvalue weighted by molar-refractivity contribution is 0.293. The molecule has 0 fully saturated rings. The maximum Gasteiger partial charge on any atom is 0.335 e. The van der Waals surface area contributed by atoms with Crippen molar-refractivity contribution in [1.82, 2.24) is 14.1 Å². The second kappa shape index (κ2) is 7.12. The summed E-state index contributed by atoms with van der Waals surface area (Å²) in [5.41, 5.74) is 2.98. The number of benzene rings is 1. The summed E-state index contributed by atoms with van der Waals surface area (Å²) >= 11 is 6.03. The molecule has 27 heavy (non-hydrogen) atoms. The van der Waals surface area contributed by atoms with E-state index in [0.717, 1.165) is 29.0 Å². The van der Waals surface area contributed by atoms with Crippen molar-refractivity contribution in [3.63, 3.8) is 0 Å². The van der Waals surface area contributed by atoms with Crippen LogP contribution in [0.25, 0.3) is 5.69 Å². The second-order valence-electron chi connectivity index (χ2n) is 6.72. The molecular weight excluding hydrogens is 366 g/mol. The first-order chi connectivity index (χ1) is 13.0. The molecule has 0 unspecified atom stereocenters. The quantitative estimate of drug-likeness (QED) is 0.744. The van der Waals surface area contributed by atoms with Crippen LogP contribution in [-0.4, -0.2) is 19.2 Å². The van der Waals surface area contributed by atoms with Gasteiger partial charge in [-0.2, -0.15) is 0 Å². The Labute approximate surface area is 161 Å². The van der Waals surface area contributed by atoms with Gasteiger partial charge in [0.15, 0.2) is 0 Å². The van der Waals surface area contributed by atoms with E-state index in [0.29, 0.717) is 36.8 Å². The summed E-state index contributed by atoms with van der Waals surface area (Å²) in [4.78, 5) is 16.9. The third kappa shape index (κ3) is 3.32. The molecule has 0 atom stereocenters. The molecule has 2 aromatic heterocycles. The predicted molar refractivity (Wildman–Crippen MR) is 103 cm³/mol. The van der Waals surface area contributed by atoms with Gasteiger partial charge in [-0.25, -0.2) is 14.3 Å². The van der Waals surface area contributed by atoms with Crippen molar-refractivity contribution in [3.05, 3.63) is 68.9 Å². The van der Waals surface area contributed by atoms with Crippen molar-refractivity contribution in [3.8, 4) is 17.4 Å². The normalized spacial score (nSPS) is 13.4. The fourth-order valence-corrected chi connectivity index (χ4v) is 3.51. The van der Waals surface area contributed by atoms with E-state index in [2.05, 4.69) is 4.98 Å². The van der Waals surface area contributed by atoms with Crippen LogP contribution in [-0.2, 0) is 19.6 Å². The van der Waals surface area contributed by atoms with Crippen LogP contribution < -0.4 is 10.4 Å². The summed E-state index contributed by atoms with van der Waals surface area (Å²) in [6.45, 7) is 2.96. The number of nitrogens with zero attached hydrogens (tertiary/aromatic N) is 3. The van der Waals surface area contributed by atoms with Gasteiger partial charge >= 0.3 is 5.69 Å². The van der Waals surface area contributed by atoms with E-state index in [4.69, 9.17) is 16.3 Å². The molecule has 0 aliphatic carbocycles. The molecule has 0 radical (unpaired) electrons. The van der Waals surface area contributed by atoms with Gasteiger partial charge in [0.05, 0.1) is 17.6 Å². The first-order valence-electron chi connectivity index (χ1n) is 8.92. The number of rotatable bonds is 4. The second-order valence-corrected chi connectivity index (χ2v) is 7.13. The fourth-order valence-electron chi connectivity index (χ4n) is 3.39. The molecule has 0 amide bonds. The highest BCUT2D eigenvalue weighted by molar-refractivity contribution is 6.31. The van der Waals surface area contributed by atoms with Gasteiger partial charge in [-0.3, -0.25) is 4.57 Å². The maximum absolute atomic E-state index is 12.6. The largest absolute Gasteiger partial charge is 0.493 e. The number of imidazole rings is 1. The van der Waals surface area contributed by atoms with Crippen molar-refractivity contribution >= 4 is 11.6 Å². The van der Waals surface area contributed by atoms with Crippen molar-refractivity contribution in [2.45, 2.75) is 39.3 Å². The van der Waals surface area contributed by atoms with Crippen LogP contribution in [0.3, 0.4) is 0 Å². The molecule has 0 bridgehead atoms. The minimum atomic E-state index is -0.227. The van der Waals surface area contributed by atoms with Crippen LogP contribution in [0.2, 0.25) is 5.02 Å². The van der Waals surface area contributed by atoms with E-state index in [1.165, 1.54) is 10.8 Å². The molecule has 0 saturated carbocycles. The number of halogens is 1. The van der Waals surface area contributed by atoms with Crippen LogP contribution >= 0.6 is 11.6 Å². The van der Waals surface area contributed by atoms with E-state index < -0.39 is 0 Å². The Kier molecular flexibility index (Phi) is 4.66. The standard InChI is InChI=1S/C20H20ClN3O3/c1-13-10-14(5-7-16(13)21)12-27-18-8-6-15(11-22-18)24-19(25)17-4-2-3-9-23(17)20(24)26/h5-8,10-11,25H,2-4,9,12H2,1H3. The number of hydrogen-bond donors (Lipinski definition) is 1. The Morgan fingerprint density at radius 3 is 2.81 bits per heavy atom. The monoisotopic (exact) mass is 385 g/mol. The van der Waals surface area contributed by atoms with Crippen molar-refractivity contribution < 1.29 is 9.84 Å². The average molecular weight is 386 g/mol. The zero-order valence-corrected chi connectivity index (χ0v) is 15.7. The summed E-state index contributed by atoms with van der Waals surface area (Å²) in [5.74, 6) is 0.453. The van der Waals surface area contributed by atoms with Crippen LogP contribution in [0, 0.1) is 6.92 Å². The maximum atomic E-state index is 12.6. The van der Waals surface area contributed by atoms with Crippen LogP contribution in [0.4, 0.5) is 0 Å². The summed E-state index contributed by atoms with van der Waals surface area (Å²) in [6, 6.07) is 9.15. The molecule has 1 aromatic carbocycles. The minimum absolute atomic E-state index is 0.00630. The molecule has 0 spiro atoms. The molecule has 6 nitrogen and oxygen atoms in total. The number of aryl methyl sites for hydroxylation is 1. The third-order valence-electron chi connectivity index (χ3n) is 4.85. The Morgan fingerprint density at radius 2 is 2.11 bits per heavy atom. The van der Waals surface area contributed by atoms with Gasteiger partial charge in [0.1, 0.15) is 6.61 Å². The van der Waals surface area contributed by atoms with Gasteiger partial charge in [0, 0.05) is 17.6 Å². The summed E-state index contributed by atoms with van der Waals surface area (Å²) in [5, 5.41) is 11.2. The SMILES string of the molecule is Cc1cc(COc2ccc(-n3c(O)c4n(c3=O)CCCC4)cn2)ccc1Cl. The highest BCUT2D eigenvalue weighted by atomic mass is 35.5. The Bertz CT molecular complexity index is 1040. The van der Waals surface area contributed by atoms with Gasteiger partial charge in [0.2, 0.25) is 11.8 Å². The predicted octanol–water partition coefficient (Wildman–Crippen LogP) is 3.62. The van der Waals surface area contributed by atoms with E-state index >= 15 is 0 Å². The Hall–Kier alpha value is -2.73. The molecule has 140 valence electrons. The van der Waals surface area contributed by atoms with E-state index in [9.17, 15) is 9.90 Å². The number of pyridine rings is 1. The molecular formula is C20H20ClN3O3. The average Bonchev–Trinajstić information content (AvgIpc) is 2.94. The smallest absolute Gasteiger partial charge is 0.335 e. The first-order valence-corrected chi connectivity index (χ1v) is 9.30. The zero-order chi connectivity index (χ0) is 19.0. The first kappa shape index (κ1) is 17.7. The molecule has 1 N–H and O–H groups in total. The summed E-state index contributed by atoms with van der Waals surface area (Å²) in [7, 11) is 0. The lowest BCUT2D eigenvalue weighted by Gasteiger charge is -2.11. The molecule has 1 aliphatic heterocycles. The summed E-state index contributed by atoms with van der Waals surface area (Å²) < 4.78 is 8.66. The number of ether oxygens (including phenoxy) is 1. The number of fused-ring (bicyclic) bond motifs is 1.